The first-order chi connectivity index (χ1) is 15.8. The summed E-state index contributed by atoms with van der Waals surface area (Å²) < 4.78 is 0. The number of halogens is 2. The lowest BCUT2D eigenvalue weighted by Crippen LogP contribution is -2.50. The molecule has 204 valence electrons. The van der Waals surface area contributed by atoms with Gasteiger partial charge < -0.3 is 20.4 Å². The lowest BCUT2D eigenvalue weighted by Gasteiger charge is -2.45. The molecule has 0 spiro atoms. The van der Waals surface area contributed by atoms with Crippen molar-refractivity contribution in [3.05, 3.63) is 65.7 Å². The van der Waals surface area contributed by atoms with E-state index in [1.165, 1.54) is 0 Å². The highest BCUT2D eigenvalue weighted by Gasteiger charge is 2.39. The quantitative estimate of drug-likeness (QED) is 0.280. The molecule has 0 aliphatic carbocycles. The molecule has 0 aromatic heterocycles. The van der Waals surface area contributed by atoms with Crippen molar-refractivity contribution in [2.24, 2.45) is 11.8 Å². The van der Waals surface area contributed by atoms with Crippen LogP contribution < -0.4 is 5.32 Å². The number of aromatic hydroxyl groups is 1. The van der Waals surface area contributed by atoms with Crippen LogP contribution in [-0.4, -0.2) is 53.2 Å². The number of carbonyl (C=O) groups is 2. The van der Waals surface area contributed by atoms with E-state index in [0.717, 1.165) is 30.6 Å². The molecule has 0 bridgehead atoms. The number of carbonyl (C=O) groups excluding carboxylic acids is 1. The Labute approximate surface area is 247 Å². The van der Waals surface area contributed by atoms with E-state index in [-0.39, 0.29) is 57.9 Å². The van der Waals surface area contributed by atoms with Crippen molar-refractivity contribution in [3.63, 3.8) is 0 Å². The summed E-state index contributed by atoms with van der Waals surface area (Å²) in [6.07, 6.45) is 1.49. The van der Waals surface area contributed by atoms with Gasteiger partial charge in [-0.15, -0.1) is 0 Å². The van der Waals surface area contributed by atoms with E-state index >= 15 is 0 Å². The van der Waals surface area contributed by atoms with Gasteiger partial charge in [0.2, 0.25) is 5.91 Å². The molecule has 2 aromatic carbocycles. The summed E-state index contributed by atoms with van der Waals surface area (Å²) in [7, 11) is 0. The van der Waals surface area contributed by atoms with Crippen LogP contribution in [0, 0.1) is 11.8 Å². The fourth-order valence-corrected chi connectivity index (χ4v) is 4.53. The molecule has 1 aliphatic heterocycles. The highest BCUT2D eigenvalue weighted by atomic mass is 128. The summed E-state index contributed by atoms with van der Waals surface area (Å²) >= 11 is 4.24. The number of piperidine rings is 1. The summed E-state index contributed by atoms with van der Waals surface area (Å²) in [4.78, 5) is 26.0. The molecule has 1 unspecified atom stereocenters. The minimum absolute atomic E-state index is 0. The minimum atomic E-state index is -1.04. The number of benzene rings is 2. The third-order valence-electron chi connectivity index (χ3n) is 6.66. The summed E-state index contributed by atoms with van der Waals surface area (Å²) in [5.41, 5.74) is 2.16. The zero-order chi connectivity index (χ0) is 24.4. The summed E-state index contributed by atoms with van der Waals surface area (Å²) in [6.45, 7) is 6.35. The van der Waals surface area contributed by atoms with E-state index in [4.69, 9.17) is 5.11 Å². The zero-order valence-electron chi connectivity index (χ0n) is 19.5. The lowest BCUT2D eigenvalue weighted by molar-refractivity contribution is -0.138. The van der Waals surface area contributed by atoms with Crippen LogP contribution in [0.1, 0.15) is 46.2 Å². The van der Waals surface area contributed by atoms with Gasteiger partial charge >= 0.3 is 5.97 Å². The van der Waals surface area contributed by atoms with Crippen molar-refractivity contribution in [3.8, 4) is 5.75 Å². The van der Waals surface area contributed by atoms with E-state index in [1.54, 1.807) is 6.07 Å². The van der Waals surface area contributed by atoms with Crippen LogP contribution in [-0.2, 0) is 21.4 Å². The molecule has 1 heterocycles. The Balaban J connectivity index is 0. The Kier molecular flexibility index (Phi) is 18.8. The van der Waals surface area contributed by atoms with E-state index < -0.39 is 5.97 Å². The second-order valence-corrected chi connectivity index (χ2v) is 8.88. The molecule has 0 radical (unpaired) electrons. The van der Waals surface area contributed by atoms with Crippen LogP contribution in [0.5, 0.6) is 5.75 Å². The molecule has 6 nitrogen and oxygen atoms in total. The number of nitrogens with one attached hydrogen (secondary N) is 1. The van der Waals surface area contributed by atoms with Gasteiger partial charge in [-0.05, 0) is 54.0 Å². The number of phenols is 1. The monoisotopic (exact) mass is 744 g/mol. The van der Waals surface area contributed by atoms with Crippen molar-refractivity contribution in [2.45, 2.75) is 47.0 Å². The van der Waals surface area contributed by atoms with Gasteiger partial charge in [-0.2, -0.15) is 13.5 Å². The molecule has 1 fully saturated rings. The zero-order valence-corrected chi connectivity index (χ0v) is 24.8. The Bertz CT molecular complexity index is 920. The average molecular weight is 745 g/mol. The average Bonchev–Trinajstić information content (AvgIpc) is 2.81. The van der Waals surface area contributed by atoms with Gasteiger partial charge in [0.15, 0.2) is 0 Å². The summed E-state index contributed by atoms with van der Waals surface area (Å²) in [6, 6.07) is 17.3. The first kappa shape index (κ1) is 37.1. The second kappa shape index (κ2) is 18.2. The van der Waals surface area contributed by atoms with Crippen LogP contribution in [0.4, 0.5) is 0 Å². The molecule has 0 saturated carbocycles. The van der Waals surface area contributed by atoms with Crippen LogP contribution >= 0.6 is 50.7 Å². The van der Waals surface area contributed by atoms with Crippen molar-refractivity contribution in [2.75, 3.05) is 26.2 Å². The Morgan fingerprint density at radius 1 is 1.14 bits per heavy atom. The van der Waals surface area contributed by atoms with Gasteiger partial charge in [-0.3, -0.25) is 9.59 Å². The molecule has 1 amide bonds. The van der Waals surface area contributed by atoms with Crippen molar-refractivity contribution < 1.29 is 19.8 Å². The first-order valence-electron chi connectivity index (χ1n) is 11.0. The molecular formula is C27H42I2N2O4S. The number of phenolic OH excluding ortho intramolecular Hbond substituents is 1. The number of carboxylic acid groups (broad SMARTS) is 1. The normalized spacial score (nSPS) is 19.6. The molecule has 3 N–H and O–H groups in total. The fourth-order valence-electron chi connectivity index (χ4n) is 4.53. The van der Waals surface area contributed by atoms with Gasteiger partial charge in [0.25, 0.3) is 0 Å². The fraction of sp³-hybridized carbons (Fsp3) is 0.481. The molecule has 36 heavy (non-hydrogen) atoms. The summed E-state index contributed by atoms with van der Waals surface area (Å²) in [5, 5.41) is 21.4. The smallest absolute Gasteiger partial charge is 0.322 e. The molecule has 3 atom stereocenters. The number of nitrogens with zero attached hydrogens (tertiary/aromatic N) is 1. The number of hydrogen-bond acceptors (Lipinski definition) is 4. The number of likely N-dealkylation sites (tertiary alicyclic amines) is 1. The SMILES string of the molecule is C.C.C[C@H]1CN(C[C@H](Cc2ccccc2)C(=O)NCC(=O)O)CCC1(C)c1cccc(O)c1.II.S. The number of hydrogen-bond donors (Lipinski definition) is 3. The number of rotatable bonds is 8. The van der Waals surface area contributed by atoms with E-state index in [0.29, 0.717) is 18.9 Å². The van der Waals surface area contributed by atoms with Gasteiger partial charge in [0, 0.05) is 50.3 Å². The highest BCUT2D eigenvalue weighted by molar-refractivity contribution is 15.0. The first-order valence-corrected chi connectivity index (χ1v) is 17.3. The van der Waals surface area contributed by atoms with Gasteiger partial charge in [-0.1, -0.05) is 71.2 Å². The van der Waals surface area contributed by atoms with Crippen molar-refractivity contribution in [1.29, 1.82) is 0 Å². The highest BCUT2D eigenvalue weighted by Crippen LogP contribution is 2.40. The molecule has 3 rings (SSSR count). The molecule has 1 aliphatic rings. The van der Waals surface area contributed by atoms with E-state index in [2.05, 4.69) is 67.4 Å². The number of amides is 1. The molecule has 1 saturated heterocycles. The van der Waals surface area contributed by atoms with Gasteiger partial charge in [0.05, 0.1) is 5.92 Å². The third-order valence-corrected chi connectivity index (χ3v) is 6.66. The maximum Gasteiger partial charge on any atom is 0.322 e. The molecule has 9 heteroatoms. The lowest BCUT2D eigenvalue weighted by atomic mass is 9.68. The standard InChI is InChI=1S/C25H32N2O4.2CH4.I2.H2S/c1-18-16-27(12-11-25(18,2)21-9-6-10-22(28)14-21)17-20(24(31)26-15-23(29)30)13-19-7-4-3-5-8-19;;;1-2;/h3-10,14,18,20,28H,11-13,15-17H2,1-2H3,(H,26,31)(H,29,30);2*1H4;;1H2/t18-,20-,25?;;;;/m0..../s1. The van der Waals surface area contributed by atoms with Crippen molar-refractivity contribution in [1.82, 2.24) is 10.2 Å². The predicted octanol–water partition coefficient (Wildman–Crippen LogP) is 6.21. The summed E-state index contributed by atoms with van der Waals surface area (Å²) in [5.74, 6) is -0.964. The topological polar surface area (TPSA) is 89.9 Å². The van der Waals surface area contributed by atoms with Crippen LogP contribution in [0.25, 0.3) is 0 Å². The van der Waals surface area contributed by atoms with Crippen LogP contribution in [0.2, 0.25) is 0 Å². The van der Waals surface area contributed by atoms with Crippen molar-refractivity contribution >= 4 is 62.6 Å². The van der Waals surface area contributed by atoms with Crippen LogP contribution in [0.15, 0.2) is 54.6 Å². The molecular weight excluding hydrogens is 702 g/mol. The third kappa shape index (κ3) is 10.7. The minimum Gasteiger partial charge on any atom is -0.508 e. The van der Waals surface area contributed by atoms with Crippen LogP contribution in [0.3, 0.4) is 0 Å². The number of carboxylic acids is 1. The molecule has 2 aromatic rings. The van der Waals surface area contributed by atoms with E-state index in [9.17, 15) is 14.7 Å². The Hall–Kier alpha value is -1.05. The Morgan fingerprint density at radius 2 is 1.78 bits per heavy atom. The number of aliphatic carboxylic acids is 1. The second-order valence-electron chi connectivity index (χ2n) is 8.88. The predicted molar refractivity (Wildman–Crippen MR) is 172 cm³/mol. The maximum absolute atomic E-state index is 12.8. The van der Waals surface area contributed by atoms with Gasteiger partial charge in [0.1, 0.15) is 12.3 Å². The maximum atomic E-state index is 12.8. The van der Waals surface area contributed by atoms with E-state index in [1.807, 2.05) is 42.5 Å². The Morgan fingerprint density at radius 3 is 2.33 bits per heavy atom. The largest absolute Gasteiger partial charge is 0.508 e. The van der Waals surface area contributed by atoms with Gasteiger partial charge in [-0.25, -0.2) is 0 Å².